The highest BCUT2D eigenvalue weighted by Gasteiger charge is 2.14. The molecular formula is C21H13BrCl2N2O2. The van der Waals surface area contributed by atoms with E-state index in [0.29, 0.717) is 33.9 Å². The SMILES string of the molecule is Clc1ccc(-c2noc(-c3cccc(COc4cccc(Br)c4)c3)n2)c(Cl)c1. The Morgan fingerprint density at radius 1 is 0.964 bits per heavy atom. The third kappa shape index (κ3) is 4.38. The van der Waals surface area contributed by atoms with Crippen LogP contribution in [0.3, 0.4) is 0 Å². The summed E-state index contributed by atoms with van der Waals surface area (Å²) in [7, 11) is 0. The van der Waals surface area contributed by atoms with E-state index in [0.717, 1.165) is 21.3 Å². The van der Waals surface area contributed by atoms with E-state index in [2.05, 4.69) is 26.1 Å². The van der Waals surface area contributed by atoms with Gasteiger partial charge in [-0.25, -0.2) is 0 Å². The lowest BCUT2D eigenvalue weighted by molar-refractivity contribution is 0.306. The standard InChI is InChI=1S/C21H13BrCl2N2O2/c22-15-5-2-6-17(10-15)27-12-13-3-1-4-14(9-13)21-25-20(26-28-21)18-8-7-16(23)11-19(18)24/h1-11H,12H2. The van der Waals surface area contributed by atoms with Crippen molar-refractivity contribution in [1.82, 2.24) is 10.1 Å². The van der Waals surface area contributed by atoms with Crippen LogP contribution in [0.25, 0.3) is 22.8 Å². The molecule has 0 atom stereocenters. The minimum atomic E-state index is 0.408. The van der Waals surface area contributed by atoms with Gasteiger partial charge in [-0.3, -0.25) is 0 Å². The van der Waals surface area contributed by atoms with Gasteiger partial charge in [-0.1, -0.05) is 62.5 Å². The molecule has 1 aromatic heterocycles. The number of hydrogen-bond donors (Lipinski definition) is 0. The second-order valence-corrected chi connectivity index (χ2v) is 7.75. The van der Waals surface area contributed by atoms with Crippen LogP contribution in [0.1, 0.15) is 5.56 Å². The number of nitrogens with zero attached hydrogens (tertiary/aromatic N) is 2. The van der Waals surface area contributed by atoms with Gasteiger partial charge in [0.05, 0.1) is 5.02 Å². The van der Waals surface area contributed by atoms with Crippen LogP contribution in [-0.2, 0) is 6.61 Å². The molecule has 140 valence electrons. The number of benzene rings is 3. The zero-order valence-electron chi connectivity index (χ0n) is 14.4. The third-order valence-corrected chi connectivity index (χ3v) is 5.01. The topological polar surface area (TPSA) is 48.2 Å². The fourth-order valence-corrected chi connectivity index (χ4v) is 3.51. The van der Waals surface area contributed by atoms with Crippen molar-refractivity contribution in [3.05, 3.63) is 86.8 Å². The summed E-state index contributed by atoms with van der Waals surface area (Å²) in [6.45, 7) is 0.425. The number of rotatable bonds is 5. The van der Waals surface area contributed by atoms with E-state index in [4.69, 9.17) is 32.5 Å². The second kappa shape index (κ2) is 8.35. The summed E-state index contributed by atoms with van der Waals surface area (Å²) < 4.78 is 12.2. The molecule has 0 amide bonds. The molecule has 28 heavy (non-hydrogen) atoms. The van der Waals surface area contributed by atoms with Crippen LogP contribution in [0, 0.1) is 0 Å². The Labute approximate surface area is 180 Å². The molecule has 4 aromatic rings. The molecule has 0 saturated carbocycles. The Balaban J connectivity index is 1.54. The molecule has 0 spiro atoms. The van der Waals surface area contributed by atoms with E-state index in [-0.39, 0.29) is 0 Å². The van der Waals surface area contributed by atoms with E-state index < -0.39 is 0 Å². The molecule has 0 radical (unpaired) electrons. The molecule has 0 aliphatic heterocycles. The molecule has 0 N–H and O–H groups in total. The average molecular weight is 476 g/mol. The summed E-state index contributed by atoms with van der Waals surface area (Å²) in [5, 5.41) is 5.06. The first kappa shape index (κ1) is 19.0. The van der Waals surface area contributed by atoms with Gasteiger partial charge in [0.1, 0.15) is 12.4 Å². The molecule has 3 aromatic carbocycles. The lowest BCUT2D eigenvalue weighted by Crippen LogP contribution is -1.95. The smallest absolute Gasteiger partial charge is 0.258 e. The molecule has 1 heterocycles. The van der Waals surface area contributed by atoms with E-state index in [1.165, 1.54) is 0 Å². The van der Waals surface area contributed by atoms with Gasteiger partial charge in [0, 0.05) is 20.6 Å². The molecule has 7 heteroatoms. The summed E-state index contributed by atoms with van der Waals surface area (Å²) in [5.41, 5.74) is 2.45. The Bertz CT molecular complexity index is 1130. The number of halogens is 3. The molecule has 0 aliphatic rings. The quantitative estimate of drug-likeness (QED) is 0.310. The van der Waals surface area contributed by atoms with E-state index in [1.807, 2.05) is 48.5 Å². The van der Waals surface area contributed by atoms with E-state index >= 15 is 0 Å². The van der Waals surface area contributed by atoms with Crippen molar-refractivity contribution in [1.29, 1.82) is 0 Å². The van der Waals surface area contributed by atoms with Gasteiger partial charge in [0.25, 0.3) is 5.89 Å². The minimum absolute atomic E-state index is 0.408. The highest BCUT2D eigenvalue weighted by Crippen LogP contribution is 2.30. The van der Waals surface area contributed by atoms with Crippen molar-refractivity contribution in [2.45, 2.75) is 6.61 Å². The highest BCUT2D eigenvalue weighted by atomic mass is 79.9. The van der Waals surface area contributed by atoms with E-state index in [9.17, 15) is 0 Å². The molecule has 0 unspecified atom stereocenters. The van der Waals surface area contributed by atoms with Crippen molar-refractivity contribution in [3.8, 4) is 28.6 Å². The van der Waals surface area contributed by atoms with Crippen molar-refractivity contribution < 1.29 is 9.26 Å². The largest absolute Gasteiger partial charge is 0.489 e. The summed E-state index contributed by atoms with van der Waals surface area (Å²) in [6, 6.07) is 20.6. The summed E-state index contributed by atoms with van der Waals surface area (Å²) >= 11 is 15.6. The maximum absolute atomic E-state index is 6.23. The Morgan fingerprint density at radius 3 is 2.64 bits per heavy atom. The maximum Gasteiger partial charge on any atom is 0.258 e. The molecule has 0 fully saturated rings. The van der Waals surface area contributed by atoms with Crippen molar-refractivity contribution in [3.63, 3.8) is 0 Å². The van der Waals surface area contributed by atoms with Crippen LogP contribution in [-0.4, -0.2) is 10.1 Å². The predicted octanol–water partition coefficient (Wildman–Crippen LogP) is 7.05. The van der Waals surface area contributed by atoms with E-state index in [1.54, 1.807) is 18.2 Å². The maximum atomic E-state index is 6.23. The van der Waals surface area contributed by atoms with Gasteiger partial charge >= 0.3 is 0 Å². The van der Waals surface area contributed by atoms with Gasteiger partial charge in [-0.2, -0.15) is 4.98 Å². The van der Waals surface area contributed by atoms with Crippen LogP contribution >= 0.6 is 39.1 Å². The van der Waals surface area contributed by atoms with Gasteiger partial charge < -0.3 is 9.26 Å². The van der Waals surface area contributed by atoms with Crippen molar-refractivity contribution >= 4 is 39.1 Å². The Morgan fingerprint density at radius 2 is 1.82 bits per heavy atom. The molecule has 0 saturated heterocycles. The van der Waals surface area contributed by atoms with Crippen LogP contribution in [0.15, 0.2) is 75.7 Å². The lowest BCUT2D eigenvalue weighted by Gasteiger charge is -2.07. The third-order valence-electron chi connectivity index (χ3n) is 3.97. The first-order valence-electron chi connectivity index (χ1n) is 8.35. The number of ether oxygens (including phenoxy) is 1. The fourth-order valence-electron chi connectivity index (χ4n) is 2.64. The van der Waals surface area contributed by atoms with Gasteiger partial charge in [-0.15, -0.1) is 0 Å². The van der Waals surface area contributed by atoms with Crippen LogP contribution in [0.4, 0.5) is 0 Å². The lowest BCUT2D eigenvalue weighted by atomic mass is 10.1. The first-order valence-corrected chi connectivity index (χ1v) is 9.90. The molecule has 4 nitrogen and oxygen atoms in total. The first-order chi connectivity index (χ1) is 13.6. The van der Waals surface area contributed by atoms with Crippen LogP contribution in [0.5, 0.6) is 5.75 Å². The highest BCUT2D eigenvalue weighted by molar-refractivity contribution is 9.10. The normalized spacial score (nSPS) is 10.8. The minimum Gasteiger partial charge on any atom is -0.489 e. The molecule has 4 rings (SSSR count). The summed E-state index contributed by atoms with van der Waals surface area (Å²) in [6.07, 6.45) is 0. The summed E-state index contributed by atoms with van der Waals surface area (Å²) in [5.74, 6) is 1.61. The Hall–Kier alpha value is -2.34. The van der Waals surface area contributed by atoms with Crippen LogP contribution in [0.2, 0.25) is 10.0 Å². The number of aromatic nitrogens is 2. The van der Waals surface area contributed by atoms with Crippen molar-refractivity contribution in [2.75, 3.05) is 0 Å². The van der Waals surface area contributed by atoms with Crippen molar-refractivity contribution in [2.24, 2.45) is 0 Å². The summed E-state index contributed by atoms with van der Waals surface area (Å²) in [4.78, 5) is 4.46. The number of hydrogen-bond acceptors (Lipinski definition) is 4. The molecule has 0 aliphatic carbocycles. The molecular weight excluding hydrogens is 463 g/mol. The average Bonchev–Trinajstić information content (AvgIpc) is 3.17. The zero-order chi connectivity index (χ0) is 19.5. The Kier molecular flexibility index (Phi) is 5.67. The van der Waals surface area contributed by atoms with Gasteiger partial charge in [-0.05, 0) is 54.1 Å². The second-order valence-electron chi connectivity index (χ2n) is 5.99. The van der Waals surface area contributed by atoms with Crippen LogP contribution < -0.4 is 4.74 Å². The predicted molar refractivity (Wildman–Crippen MR) is 114 cm³/mol. The van der Waals surface area contributed by atoms with Gasteiger partial charge in [0.2, 0.25) is 5.82 Å². The van der Waals surface area contributed by atoms with Gasteiger partial charge in [0.15, 0.2) is 0 Å². The zero-order valence-corrected chi connectivity index (χ0v) is 17.5. The monoisotopic (exact) mass is 474 g/mol. The molecule has 0 bridgehead atoms. The fraction of sp³-hybridized carbons (Fsp3) is 0.0476.